The van der Waals surface area contributed by atoms with E-state index < -0.39 is 0 Å². The maximum Gasteiger partial charge on any atom is 0.252 e. The maximum atomic E-state index is 10.3. The summed E-state index contributed by atoms with van der Waals surface area (Å²) in [6.07, 6.45) is 2.79. The smallest absolute Gasteiger partial charge is 0.252 e. The minimum atomic E-state index is -0.0399. The normalized spacial score (nSPS) is 10.4. The highest BCUT2D eigenvalue weighted by molar-refractivity contribution is 5.22. The molecule has 0 heterocycles. The third-order valence-corrected chi connectivity index (χ3v) is 2.53. The number of benzene rings is 1. The fourth-order valence-corrected chi connectivity index (χ4v) is 1.46. The van der Waals surface area contributed by atoms with Gasteiger partial charge < -0.3 is 4.74 Å². The molecule has 0 aliphatic rings. The summed E-state index contributed by atoms with van der Waals surface area (Å²) in [6.45, 7) is 3.67. The summed E-state index contributed by atoms with van der Waals surface area (Å²) in [5.41, 5.74) is 2.17. The average Bonchev–Trinajstić information content (AvgIpc) is 2.33. The Morgan fingerprint density at radius 2 is 1.88 bits per heavy atom. The van der Waals surface area contributed by atoms with Gasteiger partial charge in [0, 0.05) is 13.0 Å². The third kappa shape index (κ3) is 6.02. The molecule has 0 atom stereocenters. The Morgan fingerprint density at radius 1 is 1.24 bits per heavy atom. The molecule has 1 aromatic rings. The molecule has 4 nitrogen and oxygen atoms in total. The fraction of sp³-hybridized carbons (Fsp3) is 0.538. The molecule has 0 radical (unpaired) electrons. The third-order valence-electron chi connectivity index (χ3n) is 2.53. The largest absolute Gasteiger partial charge is 0.377 e. The van der Waals surface area contributed by atoms with Crippen molar-refractivity contribution in [3.05, 3.63) is 40.3 Å². The summed E-state index contributed by atoms with van der Waals surface area (Å²) < 4.78 is 5.50. The van der Waals surface area contributed by atoms with E-state index >= 15 is 0 Å². The van der Waals surface area contributed by atoms with Crippen LogP contribution in [-0.4, -0.2) is 23.3 Å². The average molecular weight is 238 g/mol. The molecule has 4 heteroatoms. The second-order valence-electron chi connectivity index (χ2n) is 4.05. The molecule has 0 fully saturated rings. The van der Waals surface area contributed by atoms with Crippen molar-refractivity contribution in [3.8, 4) is 0 Å². The van der Waals surface area contributed by atoms with E-state index in [0.29, 0.717) is 13.0 Å². The summed E-state index contributed by atoms with van der Waals surface area (Å²) in [6, 6.07) is 7.91. The predicted molar refractivity (Wildman–Crippen MR) is 65.0 cm³/mol. The van der Waals surface area contributed by atoms with E-state index in [2.05, 4.69) is 6.92 Å². The van der Waals surface area contributed by atoms with E-state index in [0.717, 1.165) is 30.6 Å². The summed E-state index contributed by atoms with van der Waals surface area (Å²) in [5, 5.41) is 8.49. The van der Waals surface area contributed by atoms with Gasteiger partial charge in [-0.2, -0.15) is 0 Å². The standard InChI is InChI=1S/C13H20NO3/c1-2-3-10-17-11-13-6-4-12(5-7-13)8-9-14(15)16/h4-7H,2-3,8-11H2,1H3,(H,15,16)/q+1. The van der Waals surface area contributed by atoms with Crippen molar-refractivity contribution < 1.29 is 14.9 Å². The van der Waals surface area contributed by atoms with Gasteiger partial charge in [0.2, 0.25) is 4.92 Å². The summed E-state index contributed by atoms with van der Waals surface area (Å²) in [7, 11) is 0. The Balaban J connectivity index is 2.31. The van der Waals surface area contributed by atoms with Gasteiger partial charge in [-0.1, -0.05) is 37.6 Å². The van der Waals surface area contributed by atoms with Crippen molar-refractivity contribution in [2.45, 2.75) is 32.8 Å². The van der Waals surface area contributed by atoms with Crippen LogP contribution in [0.25, 0.3) is 0 Å². The Bertz CT molecular complexity index is 335. The summed E-state index contributed by atoms with van der Waals surface area (Å²) in [5.74, 6) is 0. The van der Waals surface area contributed by atoms with Crippen LogP contribution in [0.3, 0.4) is 0 Å². The van der Waals surface area contributed by atoms with Crippen molar-refractivity contribution in [1.29, 1.82) is 0 Å². The molecule has 0 saturated heterocycles. The van der Waals surface area contributed by atoms with Gasteiger partial charge in [0.15, 0.2) is 0 Å². The highest BCUT2D eigenvalue weighted by Gasteiger charge is 2.04. The van der Waals surface area contributed by atoms with Crippen LogP contribution < -0.4 is 0 Å². The second kappa shape index (κ2) is 7.79. The molecule has 0 aromatic heterocycles. The lowest BCUT2D eigenvalue weighted by atomic mass is 10.1. The Morgan fingerprint density at radius 3 is 2.47 bits per heavy atom. The Labute approximate surface area is 102 Å². The van der Waals surface area contributed by atoms with E-state index in [4.69, 9.17) is 9.94 Å². The topological polar surface area (TPSA) is 49.5 Å². The van der Waals surface area contributed by atoms with Crippen molar-refractivity contribution in [2.75, 3.05) is 13.2 Å². The Kier molecular flexibility index (Phi) is 6.25. The molecular weight excluding hydrogens is 218 g/mol. The molecule has 1 N–H and O–H groups in total. The van der Waals surface area contributed by atoms with Gasteiger partial charge in [-0.25, -0.2) is 5.21 Å². The molecular formula is C13H20NO3+. The zero-order valence-corrected chi connectivity index (χ0v) is 10.3. The molecule has 0 amide bonds. The van der Waals surface area contributed by atoms with Crippen molar-refractivity contribution in [1.82, 2.24) is 0 Å². The maximum absolute atomic E-state index is 10.3. The van der Waals surface area contributed by atoms with Crippen LogP contribution in [0.4, 0.5) is 0 Å². The van der Waals surface area contributed by atoms with Crippen LogP contribution in [0.5, 0.6) is 0 Å². The lowest BCUT2D eigenvalue weighted by Gasteiger charge is -2.04. The Hall–Kier alpha value is -1.42. The molecule has 0 aliphatic carbocycles. The first kappa shape index (κ1) is 13.6. The van der Waals surface area contributed by atoms with E-state index in [1.54, 1.807) is 0 Å². The zero-order chi connectivity index (χ0) is 12.5. The fourth-order valence-electron chi connectivity index (χ4n) is 1.46. The van der Waals surface area contributed by atoms with E-state index in [1.807, 2.05) is 24.3 Å². The first-order valence-electron chi connectivity index (χ1n) is 6.01. The van der Waals surface area contributed by atoms with Crippen LogP contribution in [0.15, 0.2) is 24.3 Å². The lowest BCUT2D eigenvalue weighted by Crippen LogP contribution is -2.06. The first-order valence-corrected chi connectivity index (χ1v) is 6.01. The van der Waals surface area contributed by atoms with Crippen molar-refractivity contribution in [3.63, 3.8) is 0 Å². The van der Waals surface area contributed by atoms with Crippen LogP contribution in [-0.2, 0) is 17.8 Å². The molecule has 0 bridgehead atoms. The number of nitrogens with zero attached hydrogens (tertiary/aromatic N) is 1. The predicted octanol–water partition coefficient (Wildman–Crippen LogP) is 2.71. The highest BCUT2D eigenvalue weighted by Crippen LogP contribution is 2.07. The van der Waals surface area contributed by atoms with Gasteiger partial charge in [-0.3, -0.25) is 0 Å². The minimum Gasteiger partial charge on any atom is -0.377 e. The molecule has 0 unspecified atom stereocenters. The summed E-state index contributed by atoms with van der Waals surface area (Å²) in [4.78, 5) is 10.3. The van der Waals surface area contributed by atoms with Crippen LogP contribution >= 0.6 is 0 Å². The SMILES string of the molecule is CCCCOCc1ccc(CC[N+](=O)O)cc1. The zero-order valence-electron chi connectivity index (χ0n) is 10.3. The van der Waals surface area contributed by atoms with Gasteiger partial charge in [0.1, 0.15) is 0 Å². The molecule has 94 valence electrons. The monoisotopic (exact) mass is 238 g/mol. The lowest BCUT2D eigenvalue weighted by molar-refractivity contribution is -0.790. The molecule has 0 spiro atoms. The number of ether oxygens (including phenoxy) is 1. The van der Waals surface area contributed by atoms with Crippen LogP contribution in [0.2, 0.25) is 0 Å². The van der Waals surface area contributed by atoms with Crippen molar-refractivity contribution in [2.24, 2.45) is 0 Å². The van der Waals surface area contributed by atoms with Crippen molar-refractivity contribution >= 4 is 0 Å². The number of unbranched alkanes of at least 4 members (excludes halogenated alkanes) is 1. The van der Waals surface area contributed by atoms with Gasteiger partial charge in [0.25, 0.3) is 6.54 Å². The molecule has 0 saturated carbocycles. The highest BCUT2D eigenvalue weighted by atomic mass is 16.6. The van der Waals surface area contributed by atoms with Gasteiger partial charge in [-0.15, -0.1) is 0 Å². The number of rotatable bonds is 8. The minimum absolute atomic E-state index is 0.0399. The van der Waals surface area contributed by atoms with Gasteiger partial charge >= 0.3 is 0 Å². The number of hydrogen-bond donors (Lipinski definition) is 1. The quantitative estimate of drug-likeness (QED) is 0.559. The molecule has 17 heavy (non-hydrogen) atoms. The van der Waals surface area contributed by atoms with E-state index in [9.17, 15) is 4.91 Å². The van der Waals surface area contributed by atoms with E-state index in [-0.39, 0.29) is 11.5 Å². The number of hydrogen-bond acceptors (Lipinski definition) is 2. The van der Waals surface area contributed by atoms with Crippen LogP contribution in [0, 0.1) is 4.91 Å². The van der Waals surface area contributed by atoms with Gasteiger partial charge in [0.05, 0.1) is 11.5 Å². The van der Waals surface area contributed by atoms with Crippen LogP contribution in [0.1, 0.15) is 30.9 Å². The molecule has 0 aliphatic heterocycles. The van der Waals surface area contributed by atoms with Gasteiger partial charge in [-0.05, 0) is 17.5 Å². The first-order chi connectivity index (χ1) is 8.22. The molecule has 1 aromatic carbocycles. The van der Waals surface area contributed by atoms with E-state index in [1.165, 1.54) is 0 Å². The summed E-state index contributed by atoms with van der Waals surface area (Å²) >= 11 is 0. The second-order valence-corrected chi connectivity index (χ2v) is 4.05. The molecule has 1 rings (SSSR count).